The van der Waals surface area contributed by atoms with E-state index in [1.165, 1.54) is 0 Å². The van der Waals surface area contributed by atoms with Crippen LogP contribution < -0.4 is 10.1 Å². The van der Waals surface area contributed by atoms with Crippen molar-refractivity contribution >= 4 is 11.9 Å². The molecule has 0 aliphatic heterocycles. The summed E-state index contributed by atoms with van der Waals surface area (Å²) in [4.78, 5) is 23.6. The molecule has 0 aliphatic carbocycles. The van der Waals surface area contributed by atoms with Gasteiger partial charge in [-0.05, 0) is 38.1 Å². The number of nitrogens with one attached hydrogen (secondary N) is 1. The van der Waals surface area contributed by atoms with Gasteiger partial charge in [-0.1, -0.05) is 0 Å². The van der Waals surface area contributed by atoms with Gasteiger partial charge in [-0.15, -0.1) is 0 Å². The van der Waals surface area contributed by atoms with E-state index in [4.69, 9.17) is 9.47 Å². The first-order chi connectivity index (χ1) is 11.2. The van der Waals surface area contributed by atoms with Gasteiger partial charge in [-0.25, -0.2) is 0 Å². The Kier molecular flexibility index (Phi) is 7.71. The highest BCUT2D eigenvalue weighted by atomic mass is 16.5. The van der Waals surface area contributed by atoms with Gasteiger partial charge in [-0.3, -0.25) is 9.59 Å². The van der Waals surface area contributed by atoms with Crippen LogP contribution in [0.2, 0.25) is 0 Å². The third kappa shape index (κ3) is 8.53. The summed E-state index contributed by atoms with van der Waals surface area (Å²) in [7, 11) is 6.10. The zero-order valence-corrected chi connectivity index (χ0v) is 15.3. The highest BCUT2D eigenvalue weighted by Crippen LogP contribution is 2.13. The minimum Gasteiger partial charge on any atom is -0.491 e. The Morgan fingerprint density at radius 3 is 2.29 bits per heavy atom. The Labute approximate surface area is 144 Å². The SMILES string of the molecule is CC(C)Oc1ccc(C(=O)NCCC(=O)OCC[N+](C)(C)C)cc1. The normalized spacial score (nSPS) is 11.2. The van der Waals surface area contributed by atoms with Crippen molar-refractivity contribution in [2.45, 2.75) is 26.4 Å². The Bertz CT molecular complexity index is 533. The number of benzene rings is 1. The van der Waals surface area contributed by atoms with E-state index < -0.39 is 0 Å². The van der Waals surface area contributed by atoms with E-state index in [1.807, 2.05) is 35.0 Å². The first-order valence-electron chi connectivity index (χ1n) is 8.18. The van der Waals surface area contributed by atoms with E-state index in [0.29, 0.717) is 12.2 Å². The van der Waals surface area contributed by atoms with Crippen molar-refractivity contribution in [1.82, 2.24) is 5.32 Å². The van der Waals surface area contributed by atoms with Gasteiger partial charge in [0.05, 0.1) is 33.7 Å². The average molecular weight is 337 g/mol. The lowest BCUT2D eigenvalue weighted by Gasteiger charge is -2.23. The summed E-state index contributed by atoms with van der Waals surface area (Å²) >= 11 is 0. The molecule has 0 fully saturated rings. The molecule has 1 rings (SSSR count). The summed E-state index contributed by atoms with van der Waals surface area (Å²) in [5.41, 5.74) is 0.532. The molecule has 0 unspecified atom stereocenters. The summed E-state index contributed by atoms with van der Waals surface area (Å²) in [6, 6.07) is 6.92. The highest BCUT2D eigenvalue weighted by molar-refractivity contribution is 5.94. The van der Waals surface area contributed by atoms with Crippen molar-refractivity contribution in [2.75, 3.05) is 40.8 Å². The number of quaternary nitrogens is 1. The number of amides is 1. The fraction of sp³-hybridized carbons (Fsp3) is 0.556. The van der Waals surface area contributed by atoms with Crippen LogP contribution in [0.4, 0.5) is 0 Å². The molecule has 0 radical (unpaired) electrons. The van der Waals surface area contributed by atoms with Crippen LogP contribution in [-0.4, -0.2) is 63.3 Å². The van der Waals surface area contributed by atoms with E-state index >= 15 is 0 Å². The van der Waals surface area contributed by atoms with E-state index in [1.54, 1.807) is 24.3 Å². The molecule has 0 heterocycles. The molecule has 0 aromatic heterocycles. The summed E-state index contributed by atoms with van der Waals surface area (Å²) in [5.74, 6) is 0.206. The van der Waals surface area contributed by atoms with Gasteiger partial charge >= 0.3 is 5.97 Å². The molecule has 1 amide bonds. The molecule has 6 heteroatoms. The number of nitrogens with zero attached hydrogens (tertiary/aromatic N) is 1. The second kappa shape index (κ2) is 9.27. The van der Waals surface area contributed by atoms with Crippen LogP contribution in [0.25, 0.3) is 0 Å². The molecule has 0 spiro atoms. The largest absolute Gasteiger partial charge is 0.491 e. The predicted octanol–water partition coefficient (Wildman–Crippen LogP) is 1.84. The third-order valence-corrected chi connectivity index (χ3v) is 3.13. The molecule has 134 valence electrons. The van der Waals surface area contributed by atoms with Gasteiger partial charge in [-0.2, -0.15) is 0 Å². The van der Waals surface area contributed by atoms with Crippen LogP contribution in [0.15, 0.2) is 24.3 Å². The maximum Gasteiger partial charge on any atom is 0.307 e. The van der Waals surface area contributed by atoms with Crippen LogP contribution in [0.3, 0.4) is 0 Å². The monoisotopic (exact) mass is 337 g/mol. The number of rotatable bonds is 9. The van der Waals surface area contributed by atoms with Crippen molar-refractivity contribution < 1.29 is 23.5 Å². The summed E-state index contributed by atoms with van der Waals surface area (Å²) in [6.45, 7) is 5.28. The van der Waals surface area contributed by atoms with E-state index in [9.17, 15) is 9.59 Å². The first kappa shape index (κ1) is 20.0. The fourth-order valence-corrected chi connectivity index (χ4v) is 1.84. The average Bonchev–Trinajstić information content (AvgIpc) is 2.46. The van der Waals surface area contributed by atoms with Gasteiger partial charge in [0.2, 0.25) is 0 Å². The van der Waals surface area contributed by atoms with Gasteiger partial charge in [0.15, 0.2) is 0 Å². The lowest BCUT2D eigenvalue weighted by molar-refractivity contribution is -0.870. The number of esters is 1. The minimum absolute atomic E-state index is 0.0905. The number of hydrogen-bond donors (Lipinski definition) is 1. The molecule has 0 saturated heterocycles. The lowest BCUT2D eigenvalue weighted by atomic mass is 10.2. The van der Waals surface area contributed by atoms with Crippen molar-refractivity contribution in [1.29, 1.82) is 0 Å². The van der Waals surface area contributed by atoms with Crippen LogP contribution in [-0.2, 0) is 9.53 Å². The zero-order valence-electron chi connectivity index (χ0n) is 15.3. The Morgan fingerprint density at radius 2 is 1.75 bits per heavy atom. The Hall–Kier alpha value is -2.08. The maximum absolute atomic E-state index is 12.0. The molecule has 0 atom stereocenters. The van der Waals surface area contributed by atoms with Crippen LogP contribution in [0.5, 0.6) is 5.75 Å². The number of hydrogen-bond acceptors (Lipinski definition) is 4. The lowest BCUT2D eigenvalue weighted by Crippen LogP contribution is -2.38. The van der Waals surface area contributed by atoms with Crippen LogP contribution >= 0.6 is 0 Å². The molecule has 6 nitrogen and oxygen atoms in total. The predicted molar refractivity (Wildman–Crippen MR) is 93.0 cm³/mol. The van der Waals surface area contributed by atoms with Gasteiger partial charge < -0.3 is 19.3 Å². The molecular formula is C18H29N2O4+. The third-order valence-electron chi connectivity index (χ3n) is 3.13. The van der Waals surface area contributed by atoms with Crippen molar-refractivity contribution in [2.24, 2.45) is 0 Å². The fourth-order valence-electron chi connectivity index (χ4n) is 1.84. The topological polar surface area (TPSA) is 64.6 Å². The maximum atomic E-state index is 12.0. The smallest absolute Gasteiger partial charge is 0.307 e. The zero-order chi connectivity index (χ0) is 18.2. The van der Waals surface area contributed by atoms with E-state index in [-0.39, 0.29) is 30.9 Å². The van der Waals surface area contributed by atoms with Gasteiger partial charge in [0.1, 0.15) is 18.9 Å². The van der Waals surface area contributed by atoms with Crippen molar-refractivity contribution in [3.05, 3.63) is 29.8 Å². The highest BCUT2D eigenvalue weighted by Gasteiger charge is 2.10. The molecule has 0 saturated carbocycles. The van der Waals surface area contributed by atoms with Gasteiger partial charge in [0.25, 0.3) is 5.91 Å². The molecule has 1 aromatic carbocycles. The number of ether oxygens (including phenoxy) is 2. The Balaban J connectivity index is 2.29. The number of carbonyl (C=O) groups excluding carboxylic acids is 2. The molecule has 0 bridgehead atoms. The number of carbonyl (C=O) groups is 2. The van der Waals surface area contributed by atoms with E-state index in [0.717, 1.165) is 16.8 Å². The van der Waals surface area contributed by atoms with Crippen LogP contribution in [0, 0.1) is 0 Å². The summed E-state index contributed by atoms with van der Waals surface area (Å²) in [6.07, 6.45) is 0.255. The number of likely N-dealkylation sites (N-methyl/N-ethyl adjacent to an activating group) is 1. The second-order valence-corrected chi connectivity index (χ2v) is 6.93. The van der Waals surface area contributed by atoms with Crippen LogP contribution in [0.1, 0.15) is 30.6 Å². The van der Waals surface area contributed by atoms with E-state index in [2.05, 4.69) is 5.32 Å². The molecule has 1 N–H and O–H groups in total. The quantitative estimate of drug-likeness (QED) is 0.552. The Morgan fingerprint density at radius 1 is 1.12 bits per heavy atom. The minimum atomic E-state index is -0.301. The van der Waals surface area contributed by atoms with Gasteiger partial charge in [0, 0.05) is 12.1 Å². The summed E-state index contributed by atoms with van der Waals surface area (Å²) < 4.78 is 11.4. The summed E-state index contributed by atoms with van der Waals surface area (Å²) in [5, 5.41) is 2.71. The first-order valence-corrected chi connectivity index (χ1v) is 8.18. The molecule has 0 aliphatic rings. The standard InChI is InChI=1S/C18H28N2O4/c1-14(2)24-16-8-6-15(7-9-16)18(22)19-11-10-17(21)23-13-12-20(3,4)5/h6-9,14H,10-13H2,1-5H3/p+1. The second-order valence-electron chi connectivity index (χ2n) is 6.93. The molecule has 1 aromatic rings. The van der Waals surface area contributed by atoms with Crippen molar-refractivity contribution in [3.63, 3.8) is 0 Å². The molecular weight excluding hydrogens is 308 g/mol. The molecule has 24 heavy (non-hydrogen) atoms. The van der Waals surface area contributed by atoms with Crippen molar-refractivity contribution in [3.8, 4) is 5.75 Å².